The van der Waals surface area contributed by atoms with E-state index >= 15 is 0 Å². The van der Waals surface area contributed by atoms with E-state index in [1.165, 1.54) is 0 Å². The van der Waals surface area contributed by atoms with Crippen molar-refractivity contribution in [3.05, 3.63) is 16.9 Å². The number of aromatic nitrogens is 2. The topological polar surface area (TPSA) is 59.0 Å². The first-order valence-corrected chi connectivity index (χ1v) is 8.63. The van der Waals surface area contributed by atoms with Crippen LogP contribution >= 0.6 is 15.9 Å². The second-order valence-electron chi connectivity index (χ2n) is 7.79. The predicted octanol–water partition coefficient (Wildman–Crippen LogP) is 2.71. The van der Waals surface area contributed by atoms with Gasteiger partial charge in [0.25, 0.3) is 0 Å². The Morgan fingerprint density at radius 2 is 2.05 bits per heavy atom. The predicted molar refractivity (Wildman–Crippen MR) is 91.5 cm³/mol. The minimum absolute atomic E-state index is 0.0375. The van der Waals surface area contributed by atoms with Crippen LogP contribution in [0.5, 0.6) is 0 Å². The van der Waals surface area contributed by atoms with E-state index in [9.17, 15) is 4.79 Å². The number of nitrogens with zero attached hydrogens (tertiary/aromatic N) is 2. The van der Waals surface area contributed by atoms with Crippen LogP contribution < -0.4 is 10.6 Å². The Morgan fingerprint density at radius 1 is 1.45 bits per heavy atom. The molecule has 1 aliphatic rings. The van der Waals surface area contributed by atoms with Crippen LogP contribution in [0.15, 0.2) is 16.9 Å². The Kier molecular flexibility index (Phi) is 5.02. The zero-order valence-corrected chi connectivity index (χ0v) is 15.7. The van der Waals surface area contributed by atoms with Crippen LogP contribution in [0.3, 0.4) is 0 Å². The summed E-state index contributed by atoms with van der Waals surface area (Å²) in [4.78, 5) is 12.5. The zero-order valence-electron chi connectivity index (χ0n) is 14.1. The number of hydrogen-bond acceptors (Lipinski definition) is 3. The van der Waals surface area contributed by atoms with E-state index in [1.807, 2.05) is 13.1 Å². The number of carbonyl (C=O) groups is 1. The molecular formula is C16H27BrN4O. The summed E-state index contributed by atoms with van der Waals surface area (Å²) in [5.74, 6) is -0.00182. The van der Waals surface area contributed by atoms with Crippen LogP contribution in [-0.2, 0) is 11.3 Å². The highest BCUT2D eigenvalue weighted by Crippen LogP contribution is 2.28. The summed E-state index contributed by atoms with van der Waals surface area (Å²) in [7, 11) is 0. The lowest BCUT2D eigenvalue weighted by Gasteiger charge is -2.46. The molecule has 22 heavy (non-hydrogen) atoms. The van der Waals surface area contributed by atoms with Crippen molar-refractivity contribution in [2.24, 2.45) is 5.92 Å². The fourth-order valence-corrected chi connectivity index (χ4v) is 3.90. The lowest BCUT2D eigenvalue weighted by atomic mass is 9.79. The Labute approximate surface area is 141 Å². The zero-order chi connectivity index (χ0) is 16.5. The highest BCUT2D eigenvalue weighted by Gasteiger charge is 2.38. The van der Waals surface area contributed by atoms with Gasteiger partial charge in [-0.25, -0.2) is 0 Å². The number of nitrogens with one attached hydrogen (secondary N) is 2. The molecular weight excluding hydrogens is 344 g/mol. The number of amides is 1. The number of halogens is 1. The quantitative estimate of drug-likeness (QED) is 0.856. The fraction of sp³-hybridized carbons (Fsp3) is 0.750. The molecule has 0 aromatic carbocycles. The maximum atomic E-state index is 12.5. The van der Waals surface area contributed by atoms with Crippen molar-refractivity contribution in [3.8, 4) is 0 Å². The highest BCUT2D eigenvalue weighted by atomic mass is 79.9. The molecule has 2 heterocycles. The van der Waals surface area contributed by atoms with Crippen LogP contribution in [0.1, 0.15) is 47.5 Å². The van der Waals surface area contributed by atoms with Gasteiger partial charge in [0.1, 0.15) is 0 Å². The molecule has 1 aromatic rings. The standard InChI is InChI=1S/C16H27BrN4O/c1-11(9-21-10-12(17)8-18-21)14(22)19-13-6-15(2,3)20-16(4,5)7-13/h8,10-11,13,20H,6-7,9H2,1-5H3,(H,19,22)/t11-/m0/s1. The van der Waals surface area contributed by atoms with Crippen molar-refractivity contribution >= 4 is 21.8 Å². The van der Waals surface area contributed by atoms with Gasteiger partial charge in [0.15, 0.2) is 0 Å². The number of rotatable bonds is 4. The number of carbonyl (C=O) groups excluding carboxylic acids is 1. The van der Waals surface area contributed by atoms with Gasteiger partial charge >= 0.3 is 0 Å². The van der Waals surface area contributed by atoms with Gasteiger partial charge in [-0.15, -0.1) is 0 Å². The lowest BCUT2D eigenvalue weighted by molar-refractivity contribution is -0.126. The molecule has 1 fully saturated rings. The van der Waals surface area contributed by atoms with Crippen molar-refractivity contribution in [2.75, 3.05) is 0 Å². The molecule has 5 nitrogen and oxygen atoms in total. The smallest absolute Gasteiger partial charge is 0.224 e. The molecule has 0 radical (unpaired) electrons. The van der Waals surface area contributed by atoms with Gasteiger partial charge < -0.3 is 10.6 Å². The SMILES string of the molecule is C[C@@H](Cn1cc(Br)cn1)C(=O)NC1CC(C)(C)NC(C)(C)C1. The average molecular weight is 371 g/mol. The first kappa shape index (κ1) is 17.5. The third-order valence-corrected chi connectivity index (χ3v) is 4.46. The molecule has 0 spiro atoms. The van der Waals surface area contributed by atoms with Crippen molar-refractivity contribution < 1.29 is 4.79 Å². The van der Waals surface area contributed by atoms with Gasteiger partial charge in [0.2, 0.25) is 5.91 Å². The van der Waals surface area contributed by atoms with Crippen molar-refractivity contribution in [1.29, 1.82) is 0 Å². The highest BCUT2D eigenvalue weighted by molar-refractivity contribution is 9.10. The normalized spacial score (nSPS) is 22.3. The van der Waals surface area contributed by atoms with Crippen molar-refractivity contribution in [1.82, 2.24) is 20.4 Å². The third kappa shape index (κ3) is 4.81. The van der Waals surface area contributed by atoms with Gasteiger partial charge in [-0.3, -0.25) is 9.48 Å². The second kappa shape index (κ2) is 6.32. The molecule has 1 aromatic heterocycles. The van der Waals surface area contributed by atoms with E-state index in [0.29, 0.717) is 6.54 Å². The first-order chi connectivity index (χ1) is 10.1. The Hall–Kier alpha value is -0.880. The molecule has 1 atom stereocenters. The average Bonchev–Trinajstić information content (AvgIpc) is 2.70. The van der Waals surface area contributed by atoms with Crippen LogP contribution in [0.25, 0.3) is 0 Å². The molecule has 0 saturated carbocycles. The van der Waals surface area contributed by atoms with E-state index in [2.05, 4.69) is 59.4 Å². The largest absolute Gasteiger partial charge is 0.353 e. The Balaban J connectivity index is 1.93. The first-order valence-electron chi connectivity index (χ1n) is 7.84. The minimum atomic E-state index is -0.104. The van der Waals surface area contributed by atoms with Crippen LogP contribution in [-0.4, -0.2) is 32.8 Å². The fourth-order valence-electron chi connectivity index (χ4n) is 3.57. The van der Waals surface area contributed by atoms with Gasteiger partial charge in [-0.1, -0.05) is 6.92 Å². The summed E-state index contributed by atoms with van der Waals surface area (Å²) in [5.41, 5.74) is 0.0750. The molecule has 2 N–H and O–H groups in total. The van der Waals surface area contributed by atoms with E-state index in [-0.39, 0.29) is 28.9 Å². The summed E-state index contributed by atoms with van der Waals surface area (Å²) < 4.78 is 2.73. The molecule has 1 amide bonds. The van der Waals surface area contributed by atoms with E-state index < -0.39 is 0 Å². The summed E-state index contributed by atoms with van der Waals surface area (Å²) >= 11 is 3.37. The van der Waals surface area contributed by atoms with E-state index in [1.54, 1.807) is 10.9 Å². The monoisotopic (exact) mass is 370 g/mol. The molecule has 0 unspecified atom stereocenters. The molecule has 0 aliphatic carbocycles. The maximum Gasteiger partial charge on any atom is 0.224 e. The lowest BCUT2D eigenvalue weighted by Crippen LogP contribution is -2.62. The summed E-state index contributed by atoms with van der Waals surface area (Å²) in [6.07, 6.45) is 5.52. The summed E-state index contributed by atoms with van der Waals surface area (Å²) in [5, 5.41) is 11.1. The second-order valence-corrected chi connectivity index (χ2v) is 8.70. The molecule has 124 valence electrons. The molecule has 0 bridgehead atoms. The van der Waals surface area contributed by atoms with Crippen LogP contribution in [0, 0.1) is 5.92 Å². The van der Waals surface area contributed by atoms with E-state index in [4.69, 9.17) is 0 Å². The molecule has 1 aliphatic heterocycles. The van der Waals surface area contributed by atoms with Gasteiger partial charge in [-0.2, -0.15) is 5.10 Å². The van der Waals surface area contributed by atoms with Crippen LogP contribution in [0.4, 0.5) is 0 Å². The molecule has 1 saturated heterocycles. The summed E-state index contributed by atoms with van der Waals surface area (Å²) in [6.45, 7) is 11.3. The van der Waals surface area contributed by atoms with Crippen molar-refractivity contribution in [2.45, 2.75) is 71.1 Å². The molecule has 6 heteroatoms. The van der Waals surface area contributed by atoms with Gasteiger partial charge in [-0.05, 0) is 56.5 Å². The van der Waals surface area contributed by atoms with Crippen molar-refractivity contribution in [3.63, 3.8) is 0 Å². The minimum Gasteiger partial charge on any atom is -0.353 e. The number of hydrogen-bond donors (Lipinski definition) is 2. The molecule has 2 rings (SSSR count). The Morgan fingerprint density at radius 3 is 2.55 bits per heavy atom. The summed E-state index contributed by atoms with van der Waals surface area (Å²) in [6, 6.07) is 0.213. The van der Waals surface area contributed by atoms with E-state index in [0.717, 1.165) is 17.3 Å². The third-order valence-electron chi connectivity index (χ3n) is 4.05. The Bertz CT molecular complexity index is 522. The maximum absolute atomic E-state index is 12.5. The van der Waals surface area contributed by atoms with Crippen LogP contribution in [0.2, 0.25) is 0 Å². The van der Waals surface area contributed by atoms with Gasteiger partial charge in [0, 0.05) is 23.3 Å². The van der Waals surface area contributed by atoms with Gasteiger partial charge in [0.05, 0.1) is 23.1 Å². The number of piperidine rings is 1.